The summed E-state index contributed by atoms with van der Waals surface area (Å²) in [4.78, 5) is 0. The normalized spacial score (nSPS) is 19.5. The molecule has 2 N–H and O–H groups in total. The van der Waals surface area contributed by atoms with Crippen LogP contribution in [0.5, 0.6) is 0 Å². The summed E-state index contributed by atoms with van der Waals surface area (Å²) in [6.45, 7) is 5.15. The molecular weight excluding hydrogens is 164 g/mol. The number of nitrogens with two attached hydrogens (primary N) is 1. The summed E-state index contributed by atoms with van der Waals surface area (Å²) in [6, 6.07) is 2.21. The fourth-order valence-electron chi connectivity index (χ4n) is 1.25. The molecule has 0 aromatic carbocycles. The molecule has 1 aliphatic carbocycles. The molecule has 0 saturated heterocycles. The lowest BCUT2D eigenvalue weighted by atomic mass is 10.1. The summed E-state index contributed by atoms with van der Waals surface area (Å²) in [5.74, 6) is 0. The van der Waals surface area contributed by atoms with Gasteiger partial charge in [0.2, 0.25) is 0 Å². The van der Waals surface area contributed by atoms with Crippen molar-refractivity contribution in [2.24, 2.45) is 11.1 Å². The van der Waals surface area contributed by atoms with Crippen LogP contribution in [0, 0.1) is 16.7 Å². The maximum absolute atomic E-state index is 8.57. The second kappa shape index (κ2) is 3.65. The monoisotopic (exact) mass is 182 g/mol. The third-order valence-corrected chi connectivity index (χ3v) is 2.29. The van der Waals surface area contributed by atoms with Crippen LogP contribution >= 0.6 is 0 Å². The van der Waals surface area contributed by atoms with Gasteiger partial charge in [0.25, 0.3) is 0 Å². The van der Waals surface area contributed by atoms with Crippen molar-refractivity contribution in [3.63, 3.8) is 0 Å². The Hall–Kier alpha value is -0.590. The topological polar surface area (TPSA) is 59.0 Å². The Morgan fingerprint density at radius 3 is 2.54 bits per heavy atom. The van der Waals surface area contributed by atoms with Crippen molar-refractivity contribution >= 4 is 0 Å². The summed E-state index contributed by atoms with van der Waals surface area (Å²) in [5, 5.41) is 8.57. The Bertz CT molecular complexity index is 208. The number of nitrogens with zero attached hydrogens (tertiary/aromatic N) is 1. The zero-order valence-corrected chi connectivity index (χ0v) is 8.47. The van der Waals surface area contributed by atoms with Crippen LogP contribution in [0.4, 0.5) is 0 Å². The van der Waals surface area contributed by atoms with E-state index in [4.69, 9.17) is 15.7 Å². The highest BCUT2D eigenvalue weighted by Crippen LogP contribution is 2.48. The largest absolute Gasteiger partial charge is 0.379 e. The molecule has 0 aliphatic heterocycles. The number of ether oxygens (including phenoxy) is 1. The van der Waals surface area contributed by atoms with Crippen molar-refractivity contribution < 1.29 is 4.74 Å². The van der Waals surface area contributed by atoms with Crippen LogP contribution in [0.15, 0.2) is 0 Å². The van der Waals surface area contributed by atoms with Gasteiger partial charge in [-0.3, -0.25) is 0 Å². The van der Waals surface area contributed by atoms with Gasteiger partial charge in [-0.05, 0) is 26.7 Å². The molecule has 74 valence electrons. The minimum Gasteiger partial charge on any atom is -0.379 e. The predicted molar refractivity (Wildman–Crippen MR) is 51.0 cm³/mol. The Morgan fingerprint density at radius 1 is 1.54 bits per heavy atom. The van der Waals surface area contributed by atoms with Gasteiger partial charge in [-0.15, -0.1) is 0 Å². The lowest BCUT2D eigenvalue weighted by Crippen LogP contribution is -2.38. The van der Waals surface area contributed by atoms with Gasteiger partial charge in [-0.25, -0.2) is 0 Å². The first kappa shape index (κ1) is 10.5. The zero-order valence-electron chi connectivity index (χ0n) is 8.47. The van der Waals surface area contributed by atoms with Crippen molar-refractivity contribution in [3.05, 3.63) is 0 Å². The molecule has 0 aromatic heterocycles. The van der Waals surface area contributed by atoms with E-state index in [-0.39, 0.29) is 11.0 Å². The van der Waals surface area contributed by atoms with E-state index >= 15 is 0 Å². The highest BCUT2D eigenvalue weighted by atomic mass is 16.5. The minimum atomic E-state index is -0.261. The summed E-state index contributed by atoms with van der Waals surface area (Å²) in [6.07, 6.45) is 2.88. The fraction of sp³-hybridized carbons (Fsp3) is 0.900. The summed E-state index contributed by atoms with van der Waals surface area (Å²) < 4.78 is 5.50. The van der Waals surface area contributed by atoms with Gasteiger partial charge in [0.1, 0.15) is 0 Å². The van der Waals surface area contributed by atoms with E-state index in [0.717, 1.165) is 12.8 Å². The van der Waals surface area contributed by atoms with Crippen LogP contribution in [0.3, 0.4) is 0 Å². The van der Waals surface area contributed by atoms with Crippen LogP contribution in [-0.4, -0.2) is 18.8 Å². The number of rotatable bonds is 5. The number of nitriles is 1. The molecule has 0 bridgehead atoms. The van der Waals surface area contributed by atoms with Crippen LogP contribution in [0.1, 0.15) is 33.1 Å². The number of hydrogen-bond acceptors (Lipinski definition) is 3. The van der Waals surface area contributed by atoms with E-state index in [1.54, 1.807) is 0 Å². The van der Waals surface area contributed by atoms with Gasteiger partial charge < -0.3 is 10.5 Å². The molecular formula is C10H18N2O. The highest BCUT2D eigenvalue weighted by molar-refractivity contribution is 4.99. The van der Waals surface area contributed by atoms with Crippen molar-refractivity contribution in [3.8, 4) is 6.07 Å². The zero-order chi connectivity index (χ0) is 9.95. The SMILES string of the molecule is CC(C)(N)COCC1(CC#N)CC1. The molecule has 1 saturated carbocycles. The van der Waals surface area contributed by atoms with Gasteiger partial charge in [0, 0.05) is 17.4 Å². The number of hydrogen-bond donors (Lipinski definition) is 1. The third kappa shape index (κ3) is 3.75. The molecule has 0 heterocycles. The Labute approximate surface area is 79.9 Å². The maximum Gasteiger partial charge on any atom is 0.0641 e. The third-order valence-electron chi connectivity index (χ3n) is 2.29. The first-order valence-corrected chi connectivity index (χ1v) is 4.71. The summed E-state index contributed by atoms with van der Waals surface area (Å²) in [7, 11) is 0. The van der Waals surface area contributed by atoms with Crippen LogP contribution in [0.25, 0.3) is 0 Å². The van der Waals surface area contributed by atoms with Crippen LogP contribution in [0.2, 0.25) is 0 Å². The standard InChI is InChI=1S/C10H18N2O/c1-9(2,12)7-13-8-10(3-4-10)5-6-11/h3-5,7-8,12H2,1-2H3. The molecule has 0 spiro atoms. The van der Waals surface area contributed by atoms with Crippen molar-refractivity contribution in [2.75, 3.05) is 13.2 Å². The molecule has 0 amide bonds. The first-order valence-electron chi connectivity index (χ1n) is 4.71. The van der Waals surface area contributed by atoms with E-state index in [1.807, 2.05) is 13.8 Å². The molecule has 1 aliphatic rings. The minimum absolute atomic E-state index is 0.181. The van der Waals surface area contributed by atoms with E-state index in [2.05, 4.69) is 6.07 Å². The lowest BCUT2D eigenvalue weighted by Gasteiger charge is -2.20. The van der Waals surface area contributed by atoms with Gasteiger partial charge in [-0.2, -0.15) is 5.26 Å². The average Bonchev–Trinajstić information content (AvgIpc) is 2.67. The van der Waals surface area contributed by atoms with Crippen LogP contribution < -0.4 is 5.73 Å². The highest BCUT2D eigenvalue weighted by Gasteiger charge is 2.42. The van der Waals surface area contributed by atoms with Gasteiger partial charge in [0.05, 0.1) is 19.3 Å². The summed E-state index contributed by atoms with van der Waals surface area (Å²) in [5.41, 5.74) is 5.69. The smallest absolute Gasteiger partial charge is 0.0641 e. The van der Waals surface area contributed by atoms with Gasteiger partial charge in [0.15, 0.2) is 0 Å². The molecule has 1 rings (SSSR count). The van der Waals surface area contributed by atoms with E-state index in [9.17, 15) is 0 Å². The molecule has 0 unspecified atom stereocenters. The van der Waals surface area contributed by atoms with Crippen molar-refractivity contribution in [2.45, 2.75) is 38.6 Å². The Balaban J connectivity index is 2.17. The Morgan fingerprint density at radius 2 is 2.15 bits per heavy atom. The molecule has 3 nitrogen and oxygen atoms in total. The molecule has 0 radical (unpaired) electrons. The van der Waals surface area contributed by atoms with Gasteiger partial charge in [-0.1, -0.05) is 0 Å². The second-order valence-electron chi connectivity index (χ2n) is 4.82. The quantitative estimate of drug-likeness (QED) is 0.699. The average molecular weight is 182 g/mol. The Kier molecular flexibility index (Phi) is 2.94. The lowest BCUT2D eigenvalue weighted by molar-refractivity contribution is 0.0630. The first-order chi connectivity index (χ1) is 5.97. The van der Waals surface area contributed by atoms with E-state index in [0.29, 0.717) is 19.6 Å². The summed E-state index contributed by atoms with van der Waals surface area (Å²) >= 11 is 0. The van der Waals surface area contributed by atoms with E-state index in [1.165, 1.54) is 0 Å². The maximum atomic E-state index is 8.57. The molecule has 3 heteroatoms. The van der Waals surface area contributed by atoms with Crippen molar-refractivity contribution in [1.82, 2.24) is 0 Å². The van der Waals surface area contributed by atoms with E-state index < -0.39 is 0 Å². The second-order valence-corrected chi connectivity index (χ2v) is 4.82. The molecule has 13 heavy (non-hydrogen) atoms. The predicted octanol–water partition coefficient (Wildman–Crippen LogP) is 1.43. The molecule has 1 fully saturated rings. The van der Waals surface area contributed by atoms with Gasteiger partial charge >= 0.3 is 0 Å². The van der Waals surface area contributed by atoms with Crippen LogP contribution in [-0.2, 0) is 4.74 Å². The van der Waals surface area contributed by atoms with Crippen molar-refractivity contribution in [1.29, 1.82) is 5.26 Å². The molecule has 0 atom stereocenters. The fourth-order valence-corrected chi connectivity index (χ4v) is 1.25. The molecule has 0 aromatic rings.